The molecule has 53 heavy (non-hydrogen) atoms. The van der Waals surface area contributed by atoms with Gasteiger partial charge < -0.3 is 21.3 Å². The Morgan fingerprint density at radius 1 is 0.566 bits per heavy atom. The summed E-state index contributed by atoms with van der Waals surface area (Å²) < 4.78 is 21.1. The minimum Gasteiger partial charge on any atom is -0.355 e. The van der Waals surface area contributed by atoms with Gasteiger partial charge in [0.15, 0.2) is 8.87 Å². The molecular formula is C32H47N7O6S8. The average molecular weight is 882 g/mol. The number of rotatable bonds is 19. The van der Waals surface area contributed by atoms with Crippen LogP contribution in [0.3, 0.4) is 0 Å². The van der Waals surface area contributed by atoms with Crippen LogP contribution in [0.4, 0.5) is 0 Å². The van der Waals surface area contributed by atoms with Gasteiger partial charge in [0.05, 0.1) is 0 Å². The SMILES string of the molecule is CC(=O)NCCSS(C)(=O)=O.CC(=O)NCCSSc1ccccn1.CC(=O)NCCSSc1cccnc1.CC(=O)NCCSSc1ccncc1. The molecule has 0 aliphatic heterocycles. The van der Waals surface area contributed by atoms with Gasteiger partial charge in [0.1, 0.15) is 5.03 Å². The van der Waals surface area contributed by atoms with Gasteiger partial charge >= 0.3 is 0 Å². The van der Waals surface area contributed by atoms with E-state index in [2.05, 4.69) is 36.2 Å². The second kappa shape index (κ2) is 34.2. The molecule has 0 fully saturated rings. The van der Waals surface area contributed by atoms with E-state index >= 15 is 0 Å². The third-order valence-corrected chi connectivity index (χ3v) is 14.4. The highest BCUT2D eigenvalue weighted by molar-refractivity contribution is 8.77. The van der Waals surface area contributed by atoms with Crippen LogP contribution in [0.15, 0.2) is 88.3 Å². The molecule has 4 amide bonds. The van der Waals surface area contributed by atoms with Crippen LogP contribution in [0.2, 0.25) is 0 Å². The Morgan fingerprint density at radius 2 is 1.06 bits per heavy atom. The fourth-order valence-electron chi connectivity index (χ4n) is 2.73. The van der Waals surface area contributed by atoms with Gasteiger partial charge in [-0.2, -0.15) is 0 Å². The third-order valence-electron chi connectivity index (χ3n) is 4.83. The fourth-order valence-corrected chi connectivity index (χ4v) is 9.89. The summed E-state index contributed by atoms with van der Waals surface area (Å²) in [5, 5.41) is 11.7. The van der Waals surface area contributed by atoms with Crippen molar-refractivity contribution in [1.29, 1.82) is 0 Å². The van der Waals surface area contributed by atoms with Crippen molar-refractivity contribution in [3.05, 3.63) is 73.4 Å². The summed E-state index contributed by atoms with van der Waals surface area (Å²) >= 11 is 0. The number of hydrogen-bond acceptors (Lipinski definition) is 16. The predicted octanol–water partition coefficient (Wildman–Crippen LogP) is 5.69. The van der Waals surface area contributed by atoms with Crippen molar-refractivity contribution in [2.75, 3.05) is 55.4 Å². The maximum atomic E-state index is 10.5. The average Bonchev–Trinajstić information content (AvgIpc) is 3.11. The number of carbonyl (C=O) groups excluding carboxylic acids is 4. The first-order valence-electron chi connectivity index (χ1n) is 15.7. The fraction of sp³-hybridized carbons (Fsp3) is 0.406. The molecule has 0 radical (unpaired) electrons. The molecule has 0 unspecified atom stereocenters. The molecule has 294 valence electrons. The number of aromatic nitrogens is 3. The summed E-state index contributed by atoms with van der Waals surface area (Å²) in [4.78, 5) is 56.4. The zero-order chi connectivity index (χ0) is 39.6. The molecule has 0 saturated carbocycles. The molecule has 0 spiro atoms. The van der Waals surface area contributed by atoms with Crippen LogP contribution in [0, 0.1) is 0 Å². The van der Waals surface area contributed by atoms with Gasteiger partial charge in [0.2, 0.25) is 23.6 Å². The Morgan fingerprint density at radius 3 is 1.49 bits per heavy atom. The van der Waals surface area contributed by atoms with Crippen molar-refractivity contribution >= 4 is 108 Å². The Hall–Kier alpha value is -2.27. The summed E-state index contributed by atoms with van der Waals surface area (Å²) in [6.07, 6.45) is 10.1. The van der Waals surface area contributed by atoms with Gasteiger partial charge in [-0.3, -0.25) is 29.1 Å². The normalized spacial score (nSPS) is 10.1. The molecule has 3 rings (SSSR count). The number of carbonyl (C=O) groups is 4. The van der Waals surface area contributed by atoms with Gasteiger partial charge in [-0.05, 0) is 58.0 Å². The number of pyridine rings is 3. The van der Waals surface area contributed by atoms with E-state index in [1.807, 2.05) is 48.7 Å². The van der Waals surface area contributed by atoms with Gasteiger partial charge in [-0.25, -0.2) is 13.4 Å². The van der Waals surface area contributed by atoms with E-state index in [0.717, 1.165) is 50.8 Å². The van der Waals surface area contributed by atoms with Crippen LogP contribution in [-0.2, 0) is 28.0 Å². The first kappa shape index (κ1) is 50.7. The molecule has 3 aromatic rings. The van der Waals surface area contributed by atoms with Crippen molar-refractivity contribution in [2.45, 2.75) is 42.5 Å². The lowest BCUT2D eigenvalue weighted by Gasteiger charge is -2.01. The monoisotopic (exact) mass is 881 g/mol. The molecule has 3 heterocycles. The summed E-state index contributed by atoms with van der Waals surface area (Å²) in [5.74, 6) is 3.04. The summed E-state index contributed by atoms with van der Waals surface area (Å²) in [5.41, 5.74) is 0. The highest BCUT2D eigenvalue weighted by Crippen LogP contribution is 2.30. The zero-order valence-electron chi connectivity index (χ0n) is 30.1. The predicted molar refractivity (Wildman–Crippen MR) is 230 cm³/mol. The van der Waals surface area contributed by atoms with Crippen LogP contribution in [0.25, 0.3) is 0 Å². The van der Waals surface area contributed by atoms with Crippen molar-refractivity contribution in [3.63, 3.8) is 0 Å². The van der Waals surface area contributed by atoms with Crippen molar-refractivity contribution in [2.24, 2.45) is 0 Å². The van der Waals surface area contributed by atoms with E-state index in [1.165, 1.54) is 32.6 Å². The van der Waals surface area contributed by atoms with E-state index in [0.29, 0.717) is 25.4 Å². The lowest BCUT2D eigenvalue weighted by Crippen LogP contribution is -2.22. The van der Waals surface area contributed by atoms with Crippen LogP contribution in [0.5, 0.6) is 0 Å². The van der Waals surface area contributed by atoms with E-state index in [1.54, 1.807) is 89.6 Å². The molecule has 0 aliphatic carbocycles. The number of hydrogen-bond donors (Lipinski definition) is 4. The Bertz CT molecular complexity index is 1380. The molecule has 4 N–H and O–H groups in total. The Labute approximate surface area is 340 Å². The molecule has 13 nitrogen and oxygen atoms in total. The summed E-state index contributed by atoms with van der Waals surface area (Å²) in [7, 11) is 8.00. The zero-order valence-corrected chi connectivity index (χ0v) is 36.7. The first-order valence-corrected chi connectivity index (χ1v) is 26.0. The minimum absolute atomic E-state index is 0.0217. The quantitative estimate of drug-likeness (QED) is 0.0849. The highest BCUT2D eigenvalue weighted by Gasteiger charge is 2.01. The molecule has 0 atom stereocenters. The minimum atomic E-state index is -2.96. The largest absolute Gasteiger partial charge is 0.355 e. The lowest BCUT2D eigenvalue weighted by molar-refractivity contribution is -0.119. The van der Waals surface area contributed by atoms with E-state index in [9.17, 15) is 27.6 Å². The van der Waals surface area contributed by atoms with Crippen LogP contribution < -0.4 is 21.3 Å². The number of amides is 4. The maximum absolute atomic E-state index is 10.5. The molecule has 21 heteroatoms. The second-order valence-corrected chi connectivity index (χ2v) is 21.7. The number of nitrogens with one attached hydrogen (secondary N) is 4. The number of nitrogens with zero attached hydrogens (tertiary/aromatic N) is 3. The first-order chi connectivity index (χ1) is 25.3. The maximum Gasteiger partial charge on any atom is 0.216 e. The van der Waals surface area contributed by atoms with E-state index < -0.39 is 8.87 Å². The molecule has 0 aromatic carbocycles. The highest BCUT2D eigenvalue weighted by atomic mass is 33.1. The molecule has 0 bridgehead atoms. The van der Waals surface area contributed by atoms with Gasteiger partial charge in [0.25, 0.3) is 0 Å². The Kier molecular flexibility index (Phi) is 32.8. The molecular weight excluding hydrogens is 835 g/mol. The van der Waals surface area contributed by atoms with Gasteiger partial charge in [0, 0.05) is 124 Å². The smallest absolute Gasteiger partial charge is 0.216 e. The third kappa shape index (κ3) is 39.2. The van der Waals surface area contributed by atoms with E-state index in [-0.39, 0.29) is 23.6 Å². The van der Waals surface area contributed by atoms with Gasteiger partial charge in [-0.15, -0.1) is 0 Å². The van der Waals surface area contributed by atoms with Crippen molar-refractivity contribution in [3.8, 4) is 0 Å². The standard InChI is InChI=1S/3C9H12N2OS2.C5H11NO3S2/c1-8(12)11-6-7-13-14-9-2-4-10-5-3-9;1-8(12)11-5-6-13-14-9-3-2-4-10-7-9;1-8(12)10-6-7-13-14-9-4-2-3-5-11-9;1-5(7)6-3-4-10-11(2,8)9/h2-5H,6-7H2,1H3,(H,11,12);2-4,7H,5-6H2,1H3,(H,11,12);2-5H,6-7H2,1H3,(H,10,12);3-4H2,1-2H3,(H,6,7). The van der Waals surface area contributed by atoms with Gasteiger partial charge in [-0.1, -0.05) is 60.0 Å². The lowest BCUT2D eigenvalue weighted by atomic mass is 10.5. The summed E-state index contributed by atoms with van der Waals surface area (Å²) in [6, 6.07) is 13.7. The molecule has 0 saturated heterocycles. The summed E-state index contributed by atoms with van der Waals surface area (Å²) in [6.45, 7) is 8.51. The van der Waals surface area contributed by atoms with Crippen LogP contribution in [-0.4, -0.2) is 102 Å². The van der Waals surface area contributed by atoms with Crippen LogP contribution in [0.1, 0.15) is 27.7 Å². The van der Waals surface area contributed by atoms with Crippen molar-refractivity contribution < 1.29 is 27.6 Å². The van der Waals surface area contributed by atoms with Crippen LogP contribution >= 0.6 is 75.6 Å². The Balaban J connectivity index is 0.000000684. The molecule has 3 aromatic heterocycles. The molecule has 0 aliphatic rings. The van der Waals surface area contributed by atoms with Crippen molar-refractivity contribution in [1.82, 2.24) is 36.2 Å². The topological polar surface area (TPSA) is 189 Å². The van der Waals surface area contributed by atoms with E-state index in [4.69, 9.17) is 0 Å². The second-order valence-electron chi connectivity index (χ2n) is 9.71.